The Morgan fingerprint density at radius 1 is 1.20 bits per heavy atom. The number of rotatable bonds is 7. The lowest BCUT2D eigenvalue weighted by Gasteiger charge is -2.36. The van der Waals surface area contributed by atoms with Gasteiger partial charge in [0, 0.05) is 38.6 Å². The summed E-state index contributed by atoms with van der Waals surface area (Å²) >= 11 is 0. The Labute approximate surface area is 154 Å². The fourth-order valence-electron chi connectivity index (χ4n) is 3.09. The van der Waals surface area contributed by atoms with Crippen molar-refractivity contribution >= 4 is 14.1 Å². The Balaban J connectivity index is 1.78. The molecule has 1 aliphatic heterocycles. The van der Waals surface area contributed by atoms with Crippen LogP contribution in [0.4, 0.5) is 0 Å². The van der Waals surface area contributed by atoms with Crippen LogP contribution in [0.5, 0.6) is 0 Å². The van der Waals surface area contributed by atoms with Gasteiger partial charge in [0.25, 0.3) is 0 Å². The minimum atomic E-state index is -1.67. The van der Waals surface area contributed by atoms with Gasteiger partial charge in [-0.25, -0.2) is 0 Å². The van der Waals surface area contributed by atoms with Crippen LogP contribution in [0.2, 0.25) is 18.1 Å². The van der Waals surface area contributed by atoms with Crippen molar-refractivity contribution in [1.82, 2.24) is 4.90 Å². The van der Waals surface area contributed by atoms with Gasteiger partial charge in [0.1, 0.15) is 5.78 Å². The van der Waals surface area contributed by atoms with Crippen molar-refractivity contribution in [3.63, 3.8) is 0 Å². The maximum Gasteiger partial charge on any atom is 0.191 e. The summed E-state index contributed by atoms with van der Waals surface area (Å²) in [6.45, 7) is 14.9. The third kappa shape index (κ3) is 6.05. The molecule has 0 N–H and O–H groups in total. The molecule has 0 aliphatic carbocycles. The highest BCUT2D eigenvalue weighted by molar-refractivity contribution is 6.74. The summed E-state index contributed by atoms with van der Waals surface area (Å²) < 4.78 is 6.26. The Morgan fingerprint density at radius 3 is 2.52 bits per heavy atom. The first-order valence-electron chi connectivity index (χ1n) is 9.62. The zero-order valence-electron chi connectivity index (χ0n) is 16.7. The zero-order chi connectivity index (χ0) is 18.5. The van der Waals surface area contributed by atoms with E-state index < -0.39 is 8.32 Å². The summed E-state index contributed by atoms with van der Waals surface area (Å²) in [7, 11) is -1.67. The lowest BCUT2D eigenvalue weighted by Crippen LogP contribution is -2.42. The predicted octanol–water partition coefficient (Wildman–Crippen LogP) is 4.88. The molecule has 4 heteroatoms. The molecule has 0 spiro atoms. The van der Waals surface area contributed by atoms with Gasteiger partial charge in [-0.05, 0) is 36.5 Å². The highest BCUT2D eigenvalue weighted by Crippen LogP contribution is 2.36. The van der Waals surface area contributed by atoms with Crippen LogP contribution in [-0.4, -0.2) is 38.7 Å². The van der Waals surface area contributed by atoms with Gasteiger partial charge < -0.3 is 4.43 Å². The maximum absolute atomic E-state index is 12.3. The normalized spacial score (nSPS) is 20.0. The number of likely N-dealkylation sites (tertiary alicyclic amines) is 1. The number of nitrogens with zero attached hydrogens (tertiary/aromatic N) is 1. The van der Waals surface area contributed by atoms with E-state index in [1.165, 1.54) is 5.56 Å². The van der Waals surface area contributed by atoms with Gasteiger partial charge in [0.05, 0.1) is 0 Å². The second kappa shape index (κ2) is 8.61. The molecule has 1 atom stereocenters. The molecular weight excluding hydrogens is 326 g/mol. The molecule has 0 bridgehead atoms. The summed E-state index contributed by atoms with van der Waals surface area (Å²) in [5.41, 5.74) is 1.33. The zero-order valence-corrected chi connectivity index (χ0v) is 17.7. The number of Topliss-reactive ketones (excluding diaryl/α,β-unsaturated/α-hetero) is 1. The third-order valence-electron chi connectivity index (χ3n) is 5.82. The minimum Gasteiger partial charge on any atom is -0.417 e. The average molecular weight is 362 g/mol. The van der Waals surface area contributed by atoms with Crippen molar-refractivity contribution in [2.45, 2.75) is 64.7 Å². The number of ketones is 1. The van der Waals surface area contributed by atoms with Gasteiger partial charge in [-0.1, -0.05) is 51.1 Å². The van der Waals surface area contributed by atoms with E-state index in [4.69, 9.17) is 4.43 Å². The fourth-order valence-corrected chi connectivity index (χ4v) is 4.18. The van der Waals surface area contributed by atoms with E-state index in [-0.39, 0.29) is 11.0 Å². The van der Waals surface area contributed by atoms with Crippen LogP contribution < -0.4 is 0 Å². The number of hydrogen-bond acceptors (Lipinski definition) is 3. The van der Waals surface area contributed by atoms with Crippen molar-refractivity contribution in [3.8, 4) is 0 Å². The molecule has 1 aromatic rings. The fraction of sp³-hybridized carbons (Fsp3) is 0.667. The standard InChI is InChI=1S/C21H35NO2Si/c1-21(2,3)25(4,5)24-15-9-12-19-17-22(14-13-20(19)23)16-18-10-7-6-8-11-18/h6-8,10-11,19H,9,12-17H2,1-5H3. The quantitative estimate of drug-likeness (QED) is 0.512. The van der Waals surface area contributed by atoms with E-state index in [1.54, 1.807) is 0 Å². The van der Waals surface area contributed by atoms with E-state index in [2.05, 4.69) is 69.1 Å². The topological polar surface area (TPSA) is 29.5 Å². The first-order chi connectivity index (χ1) is 11.7. The van der Waals surface area contributed by atoms with Crippen LogP contribution in [0.25, 0.3) is 0 Å². The van der Waals surface area contributed by atoms with Crippen molar-refractivity contribution in [3.05, 3.63) is 35.9 Å². The van der Waals surface area contributed by atoms with E-state index in [1.807, 2.05) is 0 Å². The Hall–Kier alpha value is -0.973. The number of piperidine rings is 1. The molecule has 140 valence electrons. The Morgan fingerprint density at radius 2 is 1.88 bits per heavy atom. The molecule has 1 heterocycles. The van der Waals surface area contributed by atoms with Gasteiger partial charge in [-0.15, -0.1) is 0 Å². The van der Waals surface area contributed by atoms with Crippen LogP contribution in [0.3, 0.4) is 0 Å². The van der Waals surface area contributed by atoms with Gasteiger partial charge in [-0.2, -0.15) is 0 Å². The molecule has 0 radical (unpaired) electrons. The minimum absolute atomic E-state index is 0.181. The summed E-state index contributed by atoms with van der Waals surface area (Å²) in [5.74, 6) is 0.622. The van der Waals surface area contributed by atoms with E-state index in [0.29, 0.717) is 12.2 Å². The van der Waals surface area contributed by atoms with Crippen molar-refractivity contribution in [1.29, 1.82) is 0 Å². The van der Waals surface area contributed by atoms with Crippen LogP contribution in [-0.2, 0) is 15.8 Å². The molecular formula is C21H35NO2Si. The molecule has 1 aliphatic rings. The number of hydrogen-bond donors (Lipinski definition) is 0. The Kier molecular flexibility index (Phi) is 7.00. The molecule has 0 saturated carbocycles. The molecule has 0 amide bonds. The average Bonchev–Trinajstić information content (AvgIpc) is 2.54. The maximum atomic E-state index is 12.3. The van der Waals surface area contributed by atoms with Crippen LogP contribution in [0.15, 0.2) is 30.3 Å². The summed E-state index contributed by atoms with van der Waals surface area (Å²) in [6.07, 6.45) is 2.64. The predicted molar refractivity (Wildman–Crippen MR) is 107 cm³/mol. The van der Waals surface area contributed by atoms with Gasteiger partial charge in [0.15, 0.2) is 8.32 Å². The van der Waals surface area contributed by atoms with Gasteiger partial charge in [0.2, 0.25) is 0 Å². The Bertz CT molecular complexity index is 551. The molecule has 1 unspecified atom stereocenters. The molecule has 3 nitrogen and oxygen atoms in total. The van der Waals surface area contributed by atoms with E-state index in [0.717, 1.165) is 39.1 Å². The molecule has 1 saturated heterocycles. The van der Waals surface area contributed by atoms with Gasteiger partial charge in [-0.3, -0.25) is 9.69 Å². The number of carbonyl (C=O) groups excluding carboxylic acids is 1. The lowest BCUT2D eigenvalue weighted by molar-refractivity contribution is -0.126. The van der Waals surface area contributed by atoms with Crippen LogP contribution >= 0.6 is 0 Å². The molecule has 2 rings (SSSR count). The molecule has 25 heavy (non-hydrogen) atoms. The van der Waals surface area contributed by atoms with Gasteiger partial charge >= 0.3 is 0 Å². The SMILES string of the molecule is CC(C)(C)[Si](C)(C)OCCCC1CN(Cc2ccccc2)CCC1=O. The highest BCUT2D eigenvalue weighted by Gasteiger charge is 2.37. The molecule has 0 aromatic heterocycles. The van der Waals surface area contributed by atoms with Crippen LogP contribution in [0.1, 0.15) is 45.6 Å². The first kappa shape index (κ1) is 20.3. The lowest BCUT2D eigenvalue weighted by atomic mass is 9.92. The summed E-state index contributed by atoms with van der Waals surface area (Å²) in [5, 5.41) is 0.250. The molecule has 1 fully saturated rings. The smallest absolute Gasteiger partial charge is 0.191 e. The molecule has 1 aromatic carbocycles. The second-order valence-corrected chi connectivity index (χ2v) is 13.7. The summed E-state index contributed by atoms with van der Waals surface area (Å²) in [4.78, 5) is 14.7. The van der Waals surface area contributed by atoms with Crippen molar-refractivity contribution < 1.29 is 9.22 Å². The van der Waals surface area contributed by atoms with Crippen molar-refractivity contribution in [2.75, 3.05) is 19.7 Å². The number of carbonyl (C=O) groups is 1. The van der Waals surface area contributed by atoms with E-state index in [9.17, 15) is 4.79 Å². The monoisotopic (exact) mass is 361 g/mol. The van der Waals surface area contributed by atoms with E-state index >= 15 is 0 Å². The third-order valence-corrected chi connectivity index (χ3v) is 10.4. The second-order valence-electron chi connectivity index (χ2n) is 8.88. The highest BCUT2D eigenvalue weighted by atomic mass is 28.4. The first-order valence-corrected chi connectivity index (χ1v) is 12.5. The van der Waals surface area contributed by atoms with Crippen molar-refractivity contribution in [2.24, 2.45) is 5.92 Å². The number of benzene rings is 1. The van der Waals surface area contributed by atoms with Crippen LogP contribution in [0, 0.1) is 5.92 Å². The largest absolute Gasteiger partial charge is 0.417 e. The summed E-state index contributed by atoms with van der Waals surface area (Å²) in [6, 6.07) is 10.5.